The minimum Gasteiger partial charge on any atom is -0.255 e. The first-order valence-corrected chi connectivity index (χ1v) is 8.22. The summed E-state index contributed by atoms with van der Waals surface area (Å²) < 4.78 is 0. The van der Waals surface area contributed by atoms with Gasteiger partial charge in [0, 0.05) is 17.3 Å². The van der Waals surface area contributed by atoms with Gasteiger partial charge in [-0.15, -0.1) is 0 Å². The predicted molar refractivity (Wildman–Crippen MR) is 101 cm³/mol. The molecule has 0 spiro atoms. The van der Waals surface area contributed by atoms with Crippen LogP contribution in [-0.2, 0) is 0 Å². The topological polar surface area (TPSA) is 38.7 Å². The first-order chi connectivity index (χ1) is 12.3. The maximum Gasteiger partial charge on any atom is 0.160 e. The highest BCUT2D eigenvalue weighted by molar-refractivity contribution is 5.70. The smallest absolute Gasteiger partial charge is 0.160 e. The molecule has 4 aromatic rings. The molecule has 2 aromatic carbocycles. The number of aryl methyl sites for hydroxylation is 1. The summed E-state index contributed by atoms with van der Waals surface area (Å²) in [7, 11) is 0. The van der Waals surface area contributed by atoms with Gasteiger partial charge in [0.25, 0.3) is 0 Å². The predicted octanol–water partition coefficient (Wildman–Crippen LogP) is 5.18. The molecule has 2 aromatic heterocycles. The van der Waals surface area contributed by atoms with E-state index in [1.165, 1.54) is 5.56 Å². The molecule has 4 rings (SSSR count). The lowest BCUT2D eigenvalue weighted by atomic mass is 10.1. The number of benzene rings is 2. The Labute approximate surface area is 147 Å². The highest BCUT2D eigenvalue weighted by Gasteiger charge is 2.10. The second-order valence-corrected chi connectivity index (χ2v) is 5.91. The average molecular weight is 323 g/mol. The standard InChI is InChI=1S/C22H17N3/c1-16-10-12-17(13-11-16)20-15-21(19-9-5-6-14-23-19)25-22(24-20)18-7-3-2-4-8-18/h2-15H,1H3. The Morgan fingerprint density at radius 2 is 1.32 bits per heavy atom. The van der Waals surface area contributed by atoms with Gasteiger partial charge in [0.05, 0.1) is 17.1 Å². The highest BCUT2D eigenvalue weighted by atomic mass is 14.9. The fourth-order valence-electron chi connectivity index (χ4n) is 2.68. The summed E-state index contributed by atoms with van der Waals surface area (Å²) in [6, 6.07) is 26.3. The highest BCUT2D eigenvalue weighted by Crippen LogP contribution is 2.26. The molecule has 2 heterocycles. The first kappa shape index (κ1) is 15.2. The number of hydrogen-bond donors (Lipinski definition) is 0. The number of nitrogens with zero attached hydrogens (tertiary/aromatic N) is 3. The Morgan fingerprint density at radius 3 is 2.04 bits per heavy atom. The average Bonchev–Trinajstić information content (AvgIpc) is 2.69. The molecule has 0 bridgehead atoms. The van der Waals surface area contributed by atoms with Crippen LogP contribution in [0, 0.1) is 6.92 Å². The van der Waals surface area contributed by atoms with E-state index in [-0.39, 0.29) is 0 Å². The van der Waals surface area contributed by atoms with Gasteiger partial charge in [-0.2, -0.15) is 0 Å². The first-order valence-electron chi connectivity index (χ1n) is 8.22. The molecule has 3 nitrogen and oxygen atoms in total. The van der Waals surface area contributed by atoms with Crippen molar-refractivity contribution in [3.63, 3.8) is 0 Å². The van der Waals surface area contributed by atoms with Crippen molar-refractivity contribution in [2.45, 2.75) is 6.92 Å². The summed E-state index contributed by atoms with van der Waals surface area (Å²) in [5, 5.41) is 0. The van der Waals surface area contributed by atoms with Gasteiger partial charge in [-0.3, -0.25) is 4.98 Å². The van der Waals surface area contributed by atoms with Crippen molar-refractivity contribution in [3.8, 4) is 34.0 Å². The van der Waals surface area contributed by atoms with Gasteiger partial charge >= 0.3 is 0 Å². The van der Waals surface area contributed by atoms with Crippen molar-refractivity contribution < 1.29 is 0 Å². The molecule has 120 valence electrons. The molecule has 0 fully saturated rings. The fraction of sp³-hybridized carbons (Fsp3) is 0.0455. The van der Waals surface area contributed by atoms with Crippen molar-refractivity contribution in [2.24, 2.45) is 0 Å². The Bertz CT molecular complexity index is 921. The van der Waals surface area contributed by atoms with E-state index in [0.717, 1.165) is 28.2 Å². The van der Waals surface area contributed by atoms with E-state index in [1.54, 1.807) is 6.20 Å². The summed E-state index contributed by atoms with van der Waals surface area (Å²) >= 11 is 0. The van der Waals surface area contributed by atoms with E-state index >= 15 is 0 Å². The van der Waals surface area contributed by atoms with Crippen molar-refractivity contribution in [1.82, 2.24) is 15.0 Å². The molecule has 0 atom stereocenters. The van der Waals surface area contributed by atoms with Gasteiger partial charge in [-0.05, 0) is 25.1 Å². The minimum atomic E-state index is 0.708. The number of aromatic nitrogens is 3. The summed E-state index contributed by atoms with van der Waals surface area (Å²) in [5.41, 5.74) is 5.86. The zero-order valence-corrected chi connectivity index (χ0v) is 13.9. The SMILES string of the molecule is Cc1ccc(-c2cc(-c3ccccn3)nc(-c3ccccc3)n2)cc1. The molecular weight excluding hydrogens is 306 g/mol. The lowest BCUT2D eigenvalue weighted by molar-refractivity contribution is 1.16. The van der Waals surface area contributed by atoms with Gasteiger partial charge in [0.1, 0.15) is 0 Å². The second-order valence-electron chi connectivity index (χ2n) is 5.91. The van der Waals surface area contributed by atoms with Gasteiger partial charge in [0.2, 0.25) is 0 Å². The Balaban J connectivity index is 1.90. The van der Waals surface area contributed by atoms with Crippen LogP contribution in [0.5, 0.6) is 0 Å². The van der Waals surface area contributed by atoms with Crippen molar-refractivity contribution in [3.05, 3.63) is 90.6 Å². The molecule has 0 aliphatic carbocycles. The normalized spacial score (nSPS) is 10.6. The summed E-state index contributed by atoms with van der Waals surface area (Å²) in [4.78, 5) is 14.0. The van der Waals surface area contributed by atoms with Crippen molar-refractivity contribution in [1.29, 1.82) is 0 Å². The third-order valence-electron chi connectivity index (χ3n) is 4.03. The van der Waals surface area contributed by atoms with E-state index in [1.807, 2.05) is 54.6 Å². The van der Waals surface area contributed by atoms with E-state index in [0.29, 0.717) is 5.82 Å². The van der Waals surface area contributed by atoms with Crippen LogP contribution in [0.1, 0.15) is 5.56 Å². The summed E-state index contributed by atoms with van der Waals surface area (Å²) in [5.74, 6) is 0.708. The minimum absolute atomic E-state index is 0.708. The zero-order valence-electron chi connectivity index (χ0n) is 13.9. The molecule has 0 aliphatic heterocycles. The molecule has 0 aliphatic rings. The zero-order chi connectivity index (χ0) is 17.1. The lowest BCUT2D eigenvalue weighted by Gasteiger charge is -2.09. The molecule has 25 heavy (non-hydrogen) atoms. The molecule has 3 heteroatoms. The third kappa shape index (κ3) is 3.31. The maximum absolute atomic E-state index is 4.79. The molecule has 0 unspecified atom stereocenters. The molecule has 0 amide bonds. The van der Waals surface area contributed by atoms with Crippen LogP contribution in [0.4, 0.5) is 0 Å². The number of pyridine rings is 1. The molecule has 0 radical (unpaired) electrons. The summed E-state index contributed by atoms with van der Waals surface area (Å²) in [6.45, 7) is 2.08. The maximum atomic E-state index is 4.79. The van der Waals surface area contributed by atoms with Crippen molar-refractivity contribution >= 4 is 0 Å². The number of rotatable bonds is 3. The second kappa shape index (κ2) is 6.65. The quantitative estimate of drug-likeness (QED) is 0.521. The van der Waals surface area contributed by atoms with Gasteiger partial charge in [-0.25, -0.2) is 9.97 Å². The van der Waals surface area contributed by atoms with Gasteiger partial charge < -0.3 is 0 Å². The van der Waals surface area contributed by atoms with E-state index < -0.39 is 0 Å². The van der Waals surface area contributed by atoms with E-state index in [2.05, 4.69) is 36.2 Å². The number of hydrogen-bond acceptors (Lipinski definition) is 3. The van der Waals surface area contributed by atoms with Crippen LogP contribution >= 0.6 is 0 Å². The van der Waals surface area contributed by atoms with Crippen molar-refractivity contribution in [2.75, 3.05) is 0 Å². The van der Waals surface area contributed by atoms with Crippen LogP contribution in [0.25, 0.3) is 34.0 Å². The molecule has 0 N–H and O–H groups in total. The molecule has 0 saturated heterocycles. The molecular formula is C22H17N3. The van der Waals surface area contributed by atoms with Crippen LogP contribution < -0.4 is 0 Å². The van der Waals surface area contributed by atoms with Gasteiger partial charge in [-0.1, -0.05) is 66.2 Å². The summed E-state index contributed by atoms with van der Waals surface area (Å²) in [6.07, 6.45) is 1.78. The monoisotopic (exact) mass is 323 g/mol. The van der Waals surface area contributed by atoms with Crippen LogP contribution in [0.2, 0.25) is 0 Å². The Kier molecular flexibility index (Phi) is 4.05. The molecule has 0 saturated carbocycles. The third-order valence-corrected chi connectivity index (χ3v) is 4.03. The Morgan fingerprint density at radius 1 is 0.600 bits per heavy atom. The van der Waals surface area contributed by atoms with E-state index in [9.17, 15) is 0 Å². The van der Waals surface area contributed by atoms with Crippen LogP contribution in [-0.4, -0.2) is 15.0 Å². The van der Waals surface area contributed by atoms with E-state index in [4.69, 9.17) is 9.97 Å². The Hall–Kier alpha value is -3.33. The largest absolute Gasteiger partial charge is 0.255 e. The van der Waals surface area contributed by atoms with Gasteiger partial charge in [0.15, 0.2) is 5.82 Å². The van der Waals surface area contributed by atoms with Crippen LogP contribution in [0.15, 0.2) is 85.1 Å². The lowest BCUT2D eigenvalue weighted by Crippen LogP contribution is -1.96. The van der Waals surface area contributed by atoms with Crippen LogP contribution in [0.3, 0.4) is 0 Å². The fourth-order valence-corrected chi connectivity index (χ4v) is 2.68.